The van der Waals surface area contributed by atoms with E-state index in [1.807, 2.05) is 60.7 Å². The molecule has 0 spiro atoms. The molecule has 0 aromatic heterocycles. The monoisotopic (exact) mass is 1250 g/mol. The van der Waals surface area contributed by atoms with E-state index in [1.54, 1.807) is 0 Å². The molecule has 0 aliphatic heterocycles. The van der Waals surface area contributed by atoms with Gasteiger partial charge >= 0.3 is 0 Å². The summed E-state index contributed by atoms with van der Waals surface area (Å²) in [6.45, 7) is 20.3. The van der Waals surface area contributed by atoms with Crippen molar-refractivity contribution in [3.05, 3.63) is 240 Å². The van der Waals surface area contributed by atoms with Crippen LogP contribution in [0.5, 0.6) is 34.5 Å². The second kappa shape index (κ2) is 46.6. The average Bonchev–Trinajstić information content (AvgIpc) is 3.79. The number of ether oxygens (including phenoxy) is 8. The molecule has 0 bridgehead atoms. The smallest absolute Gasteiger partial charge is 0.123 e. The Kier molecular flexibility index (Phi) is 36.5. The van der Waals surface area contributed by atoms with E-state index >= 15 is 0 Å². The van der Waals surface area contributed by atoms with Crippen LogP contribution in [0.1, 0.15) is 147 Å². The van der Waals surface area contributed by atoms with Gasteiger partial charge in [0, 0.05) is 50.6 Å². The minimum atomic E-state index is 0.425. The van der Waals surface area contributed by atoms with Crippen LogP contribution >= 0.6 is 0 Å². The number of rotatable bonds is 54. The van der Waals surface area contributed by atoms with Gasteiger partial charge in [0.25, 0.3) is 0 Å². The Bertz CT molecular complexity index is 2780. The molecule has 12 nitrogen and oxygen atoms in total. The van der Waals surface area contributed by atoms with Gasteiger partial charge in [0.2, 0.25) is 0 Å². The Balaban J connectivity index is 0.624. The molecule has 0 saturated carbocycles. The summed E-state index contributed by atoms with van der Waals surface area (Å²) in [5.74, 6) is 5.07. The van der Waals surface area contributed by atoms with Gasteiger partial charge in [-0.05, 0) is 148 Å². The first-order chi connectivity index (χ1) is 45.6. The molecule has 12 heteroatoms. The zero-order valence-corrected chi connectivity index (χ0v) is 55.4. The van der Waals surface area contributed by atoms with E-state index in [0.29, 0.717) is 52.9 Å². The largest absolute Gasteiger partial charge is 0.494 e. The van der Waals surface area contributed by atoms with Crippen LogP contribution < -0.4 is 49.7 Å². The second-order valence-corrected chi connectivity index (χ2v) is 23.9. The third-order valence-corrected chi connectivity index (χ3v) is 16.2. The molecule has 92 heavy (non-hydrogen) atoms. The SMILES string of the molecule is C=CCCCCCCCCCOc1ccc(C[NH2+]Cc2ccc(C[NH2+]Cc3ccc(OCCOCCOc4cccc(OCCOCCOc5ccc(C[NH2+]Cc6ccc(C[NH2+]Cc7ccc(OCCCCCCCCCC=C)cc7)cc6)cc5)c4)cc3)cc2)cc1. The topological polar surface area (TPSA) is 140 Å². The molecule has 0 unspecified atom stereocenters. The highest BCUT2D eigenvalue weighted by Crippen LogP contribution is 2.21. The van der Waals surface area contributed by atoms with Gasteiger partial charge in [0.15, 0.2) is 0 Å². The van der Waals surface area contributed by atoms with Crippen LogP contribution in [0.3, 0.4) is 0 Å². The van der Waals surface area contributed by atoms with Gasteiger partial charge in [0.05, 0.1) is 39.6 Å². The van der Waals surface area contributed by atoms with Crippen molar-refractivity contribution in [3.8, 4) is 34.5 Å². The zero-order valence-electron chi connectivity index (χ0n) is 55.4. The van der Waals surface area contributed by atoms with E-state index in [1.165, 1.54) is 122 Å². The van der Waals surface area contributed by atoms with Crippen molar-refractivity contribution in [2.24, 2.45) is 0 Å². The minimum absolute atomic E-state index is 0.425. The normalized spacial score (nSPS) is 11.1. The maximum atomic E-state index is 6.00. The van der Waals surface area contributed by atoms with E-state index in [-0.39, 0.29) is 0 Å². The van der Waals surface area contributed by atoms with Gasteiger partial charge in [-0.15, -0.1) is 13.2 Å². The number of nitrogens with two attached hydrogens (primary N) is 4. The van der Waals surface area contributed by atoms with Crippen LogP contribution in [-0.4, -0.2) is 66.1 Å². The Morgan fingerprint density at radius 1 is 0.228 bits per heavy atom. The summed E-state index contributed by atoms with van der Waals surface area (Å²) in [6.07, 6.45) is 24.2. The van der Waals surface area contributed by atoms with Crippen molar-refractivity contribution in [2.75, 3.05) is 66.1 Å². The first-order valence-electron chi connectivity index (χ1n) is 34.6. The van der Waals surface area contributed by atoms with E-state index < -0.39 is 0 Å². The molecule has 0 saturated heterocycles. The summed E-state index contributed by atoms with van der Waals surface area (Å²) < 4.78 is 47.3. The number of allylic oxidation sites excluding steroid dienone is 2. The van der Waals surface area contributed by atoms with Gasteiger partial charge in [-0.2, -0.15) is 0 Å². The van der Waals surface area contributed by atoms with Gasteiger partial charge in [0.1, 0.15) is 113 Å². The molecule has 494 valence electrons. The standard InChI is InChI=1S/C80H106N4O8/c1-3-5-7-9-11-13-15-17-19-48-87-75-40-32-71(33-41-75)63-81-59-67-24-28-69(29-25-67)61-83-65-73-36-44-77(45-37-73)89-54-50-85-52-56-91-79-22-21-23-80(58-79)92-57-53-86-51-55-90-78-46-38-74(39-47-78)66-84-62-70-30-26-68(27-31-70)60-82-64-72-34-42-76(43-35-72)88-49-20-18-16-14-12-10-8-6-4-2/h3-4,21-47,58,81-84H,1-2,5-20,48-57,59-66H2/p+4. The molecule has 0 amide bonds. The average molecular weight is 1260 g/mol. The molecule has 7 aromatic rings. The van der Waals surface area contributed by atoms with Crippen LogP contribution in [0.15, 0.2) is 195 Å². The number of quaternary nitrogens is 4. The molecule has 0 fully saturated rings. The van der Waals surface area contributed by atoms with Crippen molar-refractivity contribution in [1.82, 2.24) is 0 Å². The lowest BCUT2D eigenvalue weighted by atomic mass is 10.1. The van der Waals surface area contributed by atoms with Crippen molar-refractivity contribution in [1.29, 1.82) is 0 Å². The number of hydrogen-bond acceptors (Lipinski definition) is 8. The quantitative estimate of drug-likeness (QED) is 0.0218. The molecule has 0 aliphatic carbocycles. The summed E-state index contributed by atoms with van der Waals surface area (Å²) in [5, 5.41) is 9.39. The number of benzene rings is 7. The zero-order chi connectivity index (χ0) is 63.8. The Morgan fingerprint density at radius 3 is 0.707 bits per heavy atom. The summed E-state index contributed by atoms with van der Waals surface area (Å²) >= 11 is 0. The maximum Gasteiger partial charge on any atom is 0.123 e. The van der Waals surface area contributed by atoms with Crippen LogP contribution in [-0.2, 0) is 61.8 Å². The summed E-state index contributed by atoms with van der Waals surface area (Å²) in [6, 6.07) is 59.5. The van der Waals surface area contributed by atoms with Gasteiger partial charge in [-0.1, -0.05) is 131 Å². The molecular formula is C80H110N4O8+4. The molecule has 0 atom stereocenters. The van der Waals surface area contributed by atoms with Crippen molar-refractivity contribution < 1.29 is 59.2 Å². The predicted octanol–water partition coefficient (Wildman–Crippen LogP) is 13.1. The van der Waals surface area contributed by atoms with Crippen LogP contribution in [0.4, 0.5) is 0 Å². The van der Waals surface area contributed by atoms with E-state index in [0.717, 1.165) is 126 Å². The fourth-order valence-corrected chi connectivity index (χ4v) is 10.8. The van der Waals surface area contributed by atoms with Crippen molar-refractivity contribution >= 4 is 0 Å². The minimum Gasteiger partial charge on any atom is -0.494 e. The highest BCUT2D eigenvalue weighted by atomic mass is 16.6. The van der Waals surface area contributed by atoms with Gasteiger partial charge in [-0.3, -0.25) is 0 Å². The second-order valence-electron chi connectivity index (χ2n) is 23.9. The first kappa shape index (κ1) is 72.0. The van der Waals surface area contributed by atoms with Crippen LogP contribution in [0.25, 0.3) is 0 Å². The van der Waals surface area contributed by atoms with Crippen molar-refractivity contribution in [2.45, 2.75) is 155 Å². The third kappa shape index (κ3) is 32.2. The highest BCUT2D eigenvalue weighted by molar-refractivity contribution is 5.33. The molecule has 7 aromatic carbocycles. The molecule has 0 heterocycles. The third-order valence-electron chi connectivity index (χ3n) is 16.2. The number of unbranched alkanes of at least 4 members (excludes halogenated alkanes) is 14. The summed E-state index contributed by atoms with van der Waals surface area (Å²) in [5.41, 5.74) is 10.5. The van der Waals surface area contributed by atoms with E-state index in [4.69, 9.17) is 37.9 Å². The lowest BCUT2D eigenvalue weighted by Crippen LogP contribution is -2.81. The molecule has 0 aliphatic rings. The first-order valence-corrected chi connectivity index (χ1v) is 34.6. The van der Waals surface area contributed by atoms with Gasteiger partial charge < -0.3 is 59.2 Å². The molecular weight excluding hydrogens is 1140 g/mol. The fraction of sp³-hybridized carbons (Fsp3) is 0.425. The summed E-state index contributed by atoms with van der Waals surface area (Å²) in [7, 11) is 0. The lowest BCUT2D eigenvalue weighted by molar-refractivity contribution is -0.686. The Hall–Kier alpha value is -7.42. The summed E-state index contributed by atoms with van der Waals surface area (Å²) in [4.78, 5) is 0. The predicted molar refractivity (Wildman–Crippen MR) is 371 cm³/mol. The van der Waals surface area contributed by atoms with E-state index in [2.05, 4.69) is 156 Å². The lowest BCUT2D eigenvalue weighted by Gasteiger charge is -2.11. The molecule has 7 rings (SSSR count). The highest BCUT2D eigenvalue weighted by Gasteiger charge is 2.08. The Labute approximate surface area is 551 Å². The van der Waals surface area contributed by atoms with Crippen molar-refractivity contribution in [3.63, 3.8) is 0 Å². The van der Waals surface area contributed by atoms with Crippen LogP contribution in [0.2, 0.25) is 0 Å². The number of hydrogen-bond donors (Lipinski definition) is 4. The maximum absolute atomic E-state index is 6.00. The molecule has 8 N–H and O–H groups in total. The van der Waals surface area contributed by atoms with E-state index in [9.17, 15) is 0 Å². The van der Waals surface area contributed by atoms with Gasteiger partial charge in [-0.25, -0.2) is 0 Å². The Morgan fingerprint density at radius 2 is 0.446 bits per heavy atom. The fourth-order valence-electron chi connectivity index (χ4n) is 10.8. The molecule has 0 radical (unpaired) electrons. The van der Waals surface area contributed by atoms with Crippen LogP contribution in [0, 0.1) is 0 Å².